The fraction of sp³-hybridized carbons (Fsp3) is 0.250. The first-order chi connectivity index (χ1) is 15.7. The van der Waals surface area contributed by atoms with Crippen molar-refractivity contribution in [3.05, 3.63) is 77.4 Å². The van der Waals surface area contributed by atoms with Crippen LogP contribution in [-0.4, -0.2) is 48.9 Å². The lowest BCUT2D eigenvalue weighted by Crippen LogP contribution is -2.48. The van der Waals surface area contributed by atoms with Crippen molar-refractivity contribution in [1.29, 1.82) is 0 Å². The van der Waals surface area contributed by atoms with Crippen molar-refractivity contribution < 1.29 is 17.9 Å². The van der Waals surface area contributed by atoms with Crippen LogP contribution in [-0.2, 0) is 14.8 Å². The molecule has 2 heterocycles. The van der Waals surface area contributed by atoms with E-state index in [4.69, 9.17) is 16.3 Å². The molecule has 0 radical (unpaired) electrons. The number of benzene rings is 2. The van der Waals surface area contributed by atoms with Crippen molar-refractivity contribution in [2.24, 2.45) is 0 Å². The molecule has 1 aliphatic rings. The van der Waals surface area contributed by atoms with Crippen molar-refractivity contribution >= 4 is 33.2 Å². The molecule has 4 rings (SSSR count). The Labute approximate surface area is 198 Å². The molecule has 2 aromatic carbocycles. The zero-order valence-electron chi connectivity index (χ0n) is 18.2. The lowest BCUT2D eigenvalue weighted by molar-refractivity contribution is -0.0440. The summed E-state index contributed by atoms with van der Waals surface area (Å²) in [6.45, 7) is 4.29. The van der Waals surface area contributed by atoms with Crippen molar-refractivity contribution in [3.63, 3.8) is 0 Å². The van der Waals surface area contributed by atoms with E-state index in [-0.39, 0.29) is 23.0 Å². The molecule has 1 aromatic heterocycles. The Hall–Kier alpha value is -2.78. The minimum atomic E-state index is -3.67. The number of sulfonamides is 1. The number of anilines is 1. The smallest absolute Gasteiger partial charge is 0.255 e. The number of morpholine rings is 1. The molecule has 3 aromatic rings. The van der Waals surface area contributed by atoms with Gasteiger partial charge in [-0.05, 0) is 68.4 Å². The summed E-state index contributed by atoms with van der Waals surface area (Å²) in [5, 5.41) is 3.35. The number of nitrogens with zero attached hydrogens (tertiary/aromatic N) is 2. The Bertz CT molecular complexity index is 1240. The van der Waals surface area contributed by atoms with Gasteiger partial charge in [-0.2, -0.15) is 4.31 Å². The van der Waals surface area contributed by atoms with Crippen molar-refractivity contribution in [2.45, 2.75) is 31.0 Å². The second kappa shape index (κ2) is 9.61. The third kappa shape index (κ3) is 5.25. The molecule has 0 bridgehead atoms. The predicted molar refractivity (Wildman–Crippen MR) is 128 cm³/mol. The van der Waals surface area contributed by atoms with Crippen LogP contribution in [0.1, 0.15) is 24.2 Å². The van der Waals surface area contributed by atoms with E-state index >= 15 is 0 Å². The first-order valence-electron chi connectivity index (χ1n) is 10.5. The van der Waals surface area contributed by atoms with Gasteiger partial charge in [0.2, 0.25) is 10.0 Å². The highest BCUT2D eigenvalue weighted by Gasteiger charge is 2.32. The Balaban J connectivity index is 1.50. The number of carbonyl (C=O) groups is 1. The summed E-state index contributed by atoms with van der Waals surface area (Å²) in [6, 6.07) is 16.6. The number of hydrogen-bond acceptors (Lipinski definition) is 5. The fourth-order valence-corrected chi connectivity index (χ4v) is 5.58. The van der Waals surface area contributed by atoms with Crippen LogP contribution >= 0.6 is 11.6 Å². The second-order valence-electron chi connectivity index (χ2n) is 7.97. The van der Waals surface area contributed by atoms with E-state index in [9.17, 15) is 13.2 Å². The highest BCUT2D eigenvalue weighted by atomic mass is 35.5. The van der Waals surface area contributed by atoms with Gasteiger partial charge in [0.1, 0.15) is 0 Å². The van der Waals surface area contributed by atoms with Gasteiger partial charge in [0.25, 0.3) is 5.91 Å². The number of pyridine rings is 1. The van der Waals surface area contributed by atoms with E-state index in [2.05, 4.69) is 10.3 Å². The van der Waals surface area contributed by atoms with Crippen LogP contribution in [0.15, 0.2) is 71.8 Å². The van der Waals surface area contributed by atoms with Gasteiger partial charge in [-0.1, -0.05) is 17.7 Å². The van der Waals surface area contributed by atoms with Crippen molar-refractivity contribution in [3.8, 4) is 11.3 Å². The quantitative estimate of drug-likeness (QED) is 0.576. The maximum Gasteiger partial charge on any atom is 0.255 e. The van der Waals surface area contributed by atoms with E-state index in [1.807, 2.05) is 32.0 Å². The molecular weight excluding hydrogens is 462 g/mol. The Kier molecular flexibility index (Phi) is 6.81. The third-order valence-corrected chi connectivity index (χ3v) is 7.48. The number of amides is 1. The van der Waals surface area contributed by atoms with Crippen LogP contribution in [0.2, 0.25) is 5.02 Å². The Morgan fingerprint density at radius 2 is 1.76 bits per heavy atom. The topological polar surface area (TPSA) is 88.6 Å². The summed E-state index contributed by atoms with van der Waals surface area (Å²) < 4.78 is 33.1. The van der Waals surface area contributed by atoms with E-state index in [1.54, 1.807) is 24.4 Å². The highest BCUT2D eigenvalue weighted by Crippen LogP contribution is 2.29. The minimum absolute atomic E-state index is 0.143. The summed E-state index contributed by atoms with van der Waals surface area (Å²) >= 11 is 6.31. The number of ether oxygens (including phenoxy) is 1. The molecule has 1 N–H and O–H groups in total. The van der Waals surface area contributed by atoms with E-state index in [0.29, 0.717) is 40.6 Å². The van der Waals surface area contributed by atoms with E-state index in [1.165, 1.54) is 28.6 Å². The van der Waals surface area contributed by atoms with Crippen LogP contribution in [0.4, 0.5) is 5.69 Å². The zero-order valence-corrected chi connectivity index (χ0v) is 19.8. The zero-order chi connectivity index (χ0) is 23.6. The molecule has 172 valence electrons. The van der Waals surface area contributed by atoms with Crippen LogP contribution in [0, 0.1) is 0 Å². The summed E-state index contributed by atoms with van der Waals surface area (Å²) in [5.74, 6) is -0.359. The summed E-state index contributed by atoms with van der Waals surface area (Å²) in [7, 11) is -3.67. The number of aromatic nitrogens is 1. The average molecular weight is 486 g/mol. The molecule has 0 spiro atoms. The maximum absolute atomic E-state index is 13.0. The number of carbonyl (C=O) groups excluding carboxylic acids is 1. The number of hydrogen-bond donors (Lipinski definition) is 1. The molecule has 2 atom stereocenters. The number of nitrogens with one attached hydrogen (secondary N) is 1. The standard InChI is InChI=1S/C24H24ClN3O4S/c1-16-14-28(15-17(2)32-16)33(30,31)20-9-6-18(7-10-20)24(29)27-19-8-11-22(25)21(13-19)23-5-3-4-12-26-23/h3-13,16-17H,14-15H2,1-2H3,(H,27,29). The molecule has 1 fully saturated rings. The molecule has 1 amide bonds. The normalized spacial score (nSPS) is 19.2. The van der Waals surface area contributed by atoms with Gasteiger partial charge in [0, 0.05) is 36.1 Å². The van der Waals surface area contributed by atoms with Crippen LogP contribution < -0.4 is 5.32 Å². The first-order valence-corrected chi connectivity index (χ1v) is 12.3. The maximum atomic E-state index is 13.0. The molecule has 1 aliphatic heterocycles. The van der Waals surface area contributed by atoms with E-state index in [0.717, 1.165) is 0 Å². The molecule has 1 saturated heterocycles. The highest BCUT2D eigenvalue weighted by molar-refractivity contribution is 7.89. The predicted octanol–water partition coefficient (Wildman–Crippen LogP) is 4.45. The van der Waals surface area contributed by atoms with Gasteiger partial charge >= 0.3 is 0 Å². The minimum Gasteiger partial charge on any atom is -0.373 e. The second-order valence-corrected chi connectivity index (χ2v) is 10.3. The van der Waals surface area contributed by atoms with E-state index < -0.39 is 10.0 Å². The lowest BCUT2D eigenvalue weighted by atomic mass is 10.1. The molecule has 33 heavy (non-hydrogen) atoms. The molecular formula is C24H24ClN3O4S. The van der Waals surface area contributed by atoms with Crippen LogP contribution in [0.5, 0.6) is 0 Å². The fourth-order valence-electron chi connectivity index (χ4n) is 3.78. The summed E-state index contributed by atoms with van der Waals surface area (Å²) in [6.07, 6.45) is 1.32. The molecule has 9 heteroatoms. The lowest BCUT2D eigenvalue weighted by Gasteiger charge is -2.34. The SMILES string of the molecule is CC1CN(S(=O)(=O)c2ccc(C(=O)Nc3ccc(Cl)c(-c4ccccn4)c3)cc2)CC(C)O1. The molecule has 0 aliphatic carbocycles. The molecule has 7 nitrogen and oxygen atoms in total. The van der Waals surface area contributed by atoms with Crippen LogP contribution in [0.25, 0.3) is 11.3 Å². The first kappa shape index (κ1) is 23.4. The molecule has 2 unspecified atom stereocenters. The molecule has 0 saturated carbocycles. The van der Waals surface area contributed by atoms with Gasteiger partial charge in [-0.3, -0.25) is 9.78 Å². The van der Waals surface area contributed by atoms with Crippen molar-refractivity contribution in [2.75, 3.05) is 18.4 Å². The van der Waals surface area contributed by atoms with Gasteiger partial charge in [-0.25, -0.2) is 8.42 Å². The van der Waals surface area contributed by atoms with Gasteiger partial charge in [0.15, 0.2) is 0 Å². The monoisotopic (exact) mass is 485 g/mol. The summed E-state index contributed by atoms with van der Waals surface area (Å²) in [5.41, 5.74) is 2.29. The van der Waals surface area contributed by atoms with Gasteiger partial charge in [0.05, 0.1) is 27.8 Å². The van der Waals surface area contributed by atoms with Crippen molar-refractivity contribution in [1.82, 2.24) is 9.29 Å². The van der Waals surface area contributed by atoms with Gasteiger partial charge < -0.3 is 10.1 Å². The number of halogens is 1. The summed E-state index contributed by atoms with van der Waals surface area (Å²) in [4.78, 5) is 17.2. The largest absolute Gasteiger partial charge is 0.373 e. The Morgan fingerprint density at radius 3 is 2.39 bits per heavy atom. The van der Waals surface area contributed by atoms with Gasteiger partial charge in [-0.15, -0.1) is 0 Å². The van der Waals surface area contributed by atoms with Crippen LogP contribution in [0.3, 0.4) is 0 Å². The number of rotatable bonds is 5. The average Bonchev–Trinajstić information content (AvgIpc) is 2.80. The Morgan fingerprint density at radius 1 is 1.06 bits per heavy atom. The third-order valence-electron chi connectivity index (χ3n) is 5.31.